The fourth-order valence-electron chi connectivity index (χ4n) is 3.20. The van der Waals surface area contributed by atoms with E-state index < -0.39 is 16.0 Å². The van der Waals surface area contributed by atoms with Crippen molar-refractivity contribution in [3.63, 3.8) is 0 Å². The van der Waals surface area contributed by atoms with Gasteiger partial charge in [0.2, 0.25) is 15.9 Å². The first-order valence-corrected chi connectivity index (χ1v) is 10.4. The second kappa shape index (κ2) is 9.14. The number of aliphatic carboxylic acids is 1. The van der Waals surface area contributed by atoms with Crippen LogP contribution < -0.4 is 4.72 Å². The van der Waals surface area contributed by atoms with Gasteiger partial charge in [-0.1, -0.05) is 19.1 Å². The molecule has 1 aromatic rings. The number of carbonyl (C=O) groups excluding carboxylic acids is 1. The van der Waals surface area contributed by atoms with E-state index in [0.717, 1.165) is 18.4 Å². The van der Waals surface area contributed by atoms with E-state index in [1.165, 1.54) is 12.1 Å². The average Bonchev–Trinajstić information content (AvgIpc) is 2.60. The lowest BCUT2D eigenvalue weighted by molar-refractivity contribution is -0.137. The Hall–Kier alpha value is -1.93. The van der Waals surface area contributed by atoms with Gasteiger partial charge in [0, 0.05) is 26.1 Å². The molecule has 1 aromatic carbocycles. The van der Waals surface area contributed by atoms with Gasteiger partial charge in [-0.3, -0.25) is 9.59 Å². The van der Waals surface area contributed by atoms with E-state index >= 15 is 0 Å². The molecule has 0 aromatic heterocycles. The molecule has 1 aliphatic heterocycles. The minimum Gasteiger partial charge on any atom is -0.481 e. The summed E-state index contributed by atoms with van der Waals surface area (Å²) in [5.41, 5.74) is 0.762. The van der Waals surface area contributed by atoms with Gasteiger partial charge in [-0.05, 0) is 42.9 Å². The zero-order chi connectivity index (χ0) is 19.2. The van der Waals surface area contributed by atoms with Gasteiger partial charge < -0.3 is 10.0 Å². The topological polar surface area (TPSA) is 104 Å². The number of sulfonamides is 1. The molecule has 7 nitrogen and oxygen atoms in total. The van der Waals surface area contributed by atoms with Crippen LogP contribution in [0.3, 0.4) is 0 Å². The number of carbonyl (C=O) groups is 2. The quantitative estimate of drug-likeness (QED) is 0.711. The van der Waals surface area contributed by atoms with Crippen molar-refractivity contribution in [2.75, 3.05) is 19.6 Å². The lowest BCUT2D eigenvalue weighted by atomic mass is 9.93. The number of nitrogens with zero attached hydrogens (tertiary/aromatic N) is 1. The third-order valence-electron chi connectivity index (χ3n) is 4.56. The minimum atomic E-state index is -3.49. The Labute approximate surface area is 154 Å². The normalized spacial score (nSPS) is 17.9. The van der Waals surface area contributed by atoms with Crippen LogP contribution in [0.5, 0.6) is 0 Å². The summed E-state index contributed by atoms with van der Waals surface area (Å²) in [6, 6.07) is 6.33. The molecule has 26 heavy (non-hydrogen) atoms. The molecule has 144 valence electrons. The van der Waals surface area contributed by atoms with E-state index in [-0.39, 0.29) is 29.6 Å². The summed E-state index contributed by atoms with van der Waals surface area (Å²) >= 11 is 0. The number of carboxylic acids is 1. The van der Waals surface area contributed by atoms with E-state index in [0.29, 0.717) is 26.1 Å². The average molecular weight is 382 g/mol. The summed E-state index contributed by atoms with van der Waals surface area (Å²) in [7, 11) is -3.49. The number of benzene rings is 1. The summed E-state index contributed by atoms with van der Waals surface area (Å²) in [5, 5.41) is 8.80. The van der Waals surface area contributed by atoms with Crippen LogP contribution in [0.2, 0.25) is 0 Å². The fraction of sp³-hybridized carbons (Fsp3) is 0.556. The number of piperidine rings is 1. The van der Waals surface area contributed by atoms with Crippen molar-refractivity contribution in [3.05, 3.63) is 29.8 Å². The number of amides is 1. The van der Waals surface area contributed by atoms with E-state index in [1.807, 2.05) is 0 Å². The Morgan fingerprint density at radius 2 is 1.96 bits per heavy atom. The van der Waals surface area contributed by atoms with Crippen molar-refractivity contribution in [2.45, 2.75) is 43.9 Å². The van der Waals surface area contributed by atoms with Crippen molar-refractivity contribution in [3.8, 4) is 0 Å². The Morgan fingerprint density at radius 3 is 2.58 bits per heavy atom. The van der Waals surface area contributed by atoms with Gasteiger partial charge in [-0.15, -0.1) is 0 Å². The summed E-state index contributed by atoms with van der Waals surface area (Å²) in [4.78, 5) is 25.2. The molecule has 1 unspecified atom stereocenters. The molecule has 8 heteroatoms. The number of hydrogen-bond donors (Lipinski definition) is 2. The van der Waals surface area contributed by atoms with Gasteiger partial charge in [-0.25, -0.2) is 13.1 Å². The first-order valence-electron chi connectivity index (χ1n) is 8.90. The van der Waals surface area contributed by atoms with Gasteiger partial charge in [-0.2, -0.15) is 0 Å². The molecule has 0 aliphatic carbocycles. The first kappa shape index (κ1) is 20.4. The standard InChI is InChI=1S/C18H26N2O5S/c1-2-19-26(24,25)16-8-5-14(6-9-16)12-17(21)20-11-3-4-15(13-20)7-10-18(22)23/h5-6,8-9,15,19H,2-4,7,10-13H2,1H3,(H,22,23). The summed E-state index contributed by atoms with van der Waals surface area (Å²) < 4.78 is 26.3. The number of rotatable bonds is 8. The van der Waals surface area contributed by atoms with Gasteiger partial charge in [0.05, 0.1) is 11.3 Å². The lowest BCUT2D eigenvalue weighted by Gasteiger charge is -2.32. The van der Waals surface area contributed by atoms with Gasteiger partial charge >= 0.3 is 5.97 Å². The highest BCUT2D eigenvalue weighted by Crippen LogP contribution is 2.22. The molecule has 1 saturated heterocycles. The van der Waals surface area contributed by atoms with Crippen LogP contribution in [-0.2, 0) is 26.0 Å². The maximum absolute atomic E-state index is 12.5. The Bertz CT molecular complexity index is 730. The molecule has 1 atom stereocenters. The van der Waals surface area contributed by atoms with Crippen LogP contribution in [0.1, 0.15) is 38.2 Å². The van der Waals surface area contributed by atoms with Crippen LogP contribution in [0.4, 0.5) is 0 Å². The monoisotopic (exact) mass is 382 g/mol. The minimum absolute atomic E-state index is 0.00712. The summed E-state index contributed by atoms with van der Waals surface area (Å²) in [6.45, 7) is 3.32. The highest BCUT2D eigenvalue weighted by atomic mass is 32.2. The summed E-state index contributed by atoms with van der Waals surface area (Å²) in [6.07, 6.45) is 2.78. The molecule has 1 amide bonds. The number of likely N-dealkylation sites (tertiary alicyclic amines) is 1. The highest BCUT2D eigenvalue weighted by molar-refractivity contribution is 7.89. The second-order valence-corrected chi connectivity index (χ2v) is 8.37. The Balaban J connectivity index is 1.93. The molecule has 0 saturated carbocycles. The lowest BCUT2D eigenvalue weighted by Crippen LogP contribution is -2.40. The molecule has 2 rings (SSSR count). The molecule has 0 bridgehead atoms. The smallest absolute Gasteiger partial charge is 0.303 e. The van der Waals surface area contributed by atoms with Crippen LogP contribution in [0.15, 0.2) is 29.2 Å². The van der Waals surface area contributed by atoms with Crippen molar-refractivity contribution in [2.24, 2.45) is 5.92 Å². The number of carboxylic acid groups (broad SMARTS) is 1. The van der Waals surface area contributed by atoms with Crippen molar-refractivity contribution >= 4 is 21.9 Å². The van der Waals surface area contributed by atoms with Crippen LogP contribution >= 0.6 is 0 Å². The Morgan fingerprint density at radius 1 is 1.27 bits per heavy atom. The SMILES string of the molecule is CCNS(=O)(=O)c1ccc(CC(=O)N2CCCC(CCC(=O)O)C2)cc1. The molecule has 2 N–H and O–H groups in total. The van der Waals surface area contributed by atoms with Crippen LogP contribution in [-0.4, -0.2) is 49.9 Å². The zero-order valence-corrected chi connectivity index (χ0v) is 15.8. The predicted molar refractivity (Wildman–Crippen MR) is 97.2 cm³/mol. The van der Waals surface area contributed by atoms with Crippen molar-refractivity contribution in [1.82, 2.24) is 9.62 Å². The second-order valence-electron chi connectivity index (χ2n) is 6.60. The molecule has 0 radical (unpaired) electrons. The largest absolute Gasteiger partial charge is 0.481 e. The van der Waals surface area contributed by atoms with Gasteiger partial charge in [0.1, 0.15) is 0 Å². The van der Waals surface area contributed by atoms with E-state index in [4.69, 9.17) is 5.11 Å². The zero-order valence-electron chi connectivity index (χ0n) is 15.0. The van der Waals surface area contributed by atoms with E-state index in [1.54, 1.807) is 24.0 Å². The predicted octanol–water partition coefficient (Wildman–Crippen LogP) is 1.63. The third kappa shape index (κ3) is 5.81. The maximum Gasteiger partial charge on any atom is 0.303 e. The highest BCUT2D eigenvalue weighted by Gasteiger charge is 2.24. The molecule has 1 aliphatic rings. The van der Waals surface area contributed by atoms with Crippen LogP contribution in [0.25, 0.3) is 0 Å². The van der Waals surface area contributed by atoms with E-state index in [9.17, 15) is 18.0 Å². The van der Waals surface area contributed by atoms with Gasteiger partial charge in [0.15, 0.2) is 0 Å². The molecular formula is C18H26N2O5S. The van der Waals surface area contributed by atoms with Gasteiger partial charge in [0.25, 0.3) is 0 Å². The number of hydrogen-bond acceptors (Lipinski definition) is 4. The molecule has 1 fully saturated rings. The number of nitrogens with one attached hydrogen (secondary N) is 1. The molecule has 0 spiro atoms. The first-order chi connectivity index (χ1) is 12.3. The fourth-order valence-corrected chi connectivity index (χ4v) is 4.24. The molecule has 1 heterocycles. The van der Waals surface area contributed by atoms with Crippen molar-refractivity contribution < 1.29 is 23.1 Å². The maximum atomic E-state index is 12.5. The van der Waals surface area contributed by atoms with Crippen LogP contribution in [0, 0.1) is 5.92 Å². The molecular weight excluding hydrogens is 356 g/mol. The Kier molecular flexibility index (Phi) is 7.16. The summed E-state index contributed by atoms with van der Waals surface area (Å²) in [5.74, 6) is -0.579. The van der Waals surface area contributed by atoms with Crippen molar-refractivity contribution in [1.29, 1.82) is 0 Å². The van der Waals surface area contributed by atoms with E-state index in [2.05, 4.69) is 4.72 Å². The third-order valence-corrected chi connectivity index (χ3v) is 6.12.